The Kier molecular flexibility index (Phi) is 4.28. The number of nitro groups is 1. The van der Waals surface area contributed by atoms with Crippen LogP contribution in [0, 0.1) is 22.0 Å². The fraction of sp³-hybridized carbons (Fsp3) is 0.417. The molecule has 0 radical (unpaired) electrons. The van der Waals surface area contributed by atoms with Gasteiger partial charge in [0.05, 0.1) is 4.92 Å². The number of rotatable bonds is 5. The second kappa shape index (κ2) is 6.63. The molecule has 0 bridgehead atoms. The van der Waals surface area contributed by atoms with E-state index in [0.29, 0.717) is 28.8 Å². The Bertz CT molecular complexity index is 1010. The molecule has 1 fully saturated rings. The monoisotopic (exact) mass is 407 g/mol. The van der Waals surface area contributed by atoms with Crippen molar-refractivity contribution in [3.05, 3.63) is 75.4 Å². The van der Waals surface area contributed by atoms with Crippen LogP contribution in [0.2, 0.25) is 0 Å². The van der Waals surface area contributed by atoms with E-state index in [1.54, 1.807) is 17.7 Å². The SMILES string of the molecule is CC1=C([C@H]2[C@H]3Sc4ccccc4[C@H]32)[C@@H](C(C)(C)Oc2ccc([N+](=O)[O-])cc2)CC1. The lowest BCUT2D eigenvalue weighted by Crippen LogP contribution is -2.38. The van der Waals surface area contributed by atoms with Crippen molar-refractivity contribution in [2.24, 2.45) is 11.8 Å². The molecule has 5 rings (SSSR count). The van der Waals surface area contributed by atoms with E-state index < -0.39 is 0 Å². The van der Waals surface area contributed by atoms with Crippen LogP contribution in [-0.4, -0.2) is 15.8 Å². The molecule has 150 valence electrons. The molecule has 2 aromatic rings. The van der Waals surface area contributed by atoms with Gasteiger partial charge in [0.25, 0.3) is 5.69 Å². The molecular formula is C24H25NO3S. The number of hydrogen-bond donors (Lipinski definition) is 0. The van der Waals surface area contributed by atoms with E-state index >= 15 is 0 Å². The van der Waals surface area contributed by atoms with Gasteiger partial charge < -0.3 is 4.74 Å². The Morgan fingerprint density at radius 1 is 1.10 bits per heavy atom. The highest BCUT2D eigenvalue weighted by molar-refractivity contribution is 8.00. The van der Waals surface area contributed by atoms with Gasteiger partial charge in [0.15, 0.2) is 0 Å². The topological polar surface area (TPSA) is 52.4 Å². The number of nitrogens with zero attached hydrogens (tertiary/aromatic N) is 1. The van der Waals surface area contributed by atoms with Gasteiger partial charge in [-0.05, 0) is 57.4 Å². The molecule has 1 aliphatic heterocycles. The van der Waals surface area contributed by atoms with Crippen molar-refractivity contribution in [1.82, 2.24) is 0 Å². The third-order valence-corrected chi connectivity index (χ3v) is 8.28. The molecule has 5 heteroatoms. The zero-order chi connectivity index (χ0) is 20.3. The fourth-order valence-electron chi connectivity index (χ4n) is 5.39. The molecule has 0 spiro atoms. The second-order valence-corrected chi connectivity index (χ2v) is 10.2. The van der Waals surface area contributed by atoms with E-state index in [1.165, 1.54) is 28.2 Å². The van der Waals surface area contributed by atoms with Crippen LogP contribution < -0.4 is 4.74 Å². The number of non-ortho nitro benzene ring substituents is 1. The average molecular weight is 408 g/mol. The van der Waals surface area contributed by atoms with Gasteiger partial charge in [-0.15, -0.1) is 11.8 Å². The van der Waals surface area contributed by atoms with Gasteiger partial charge in [0.1, 0.15) is 11.4 Å². The molecule has 29 heavy (non-hydrogen) atoms. The van der Waals surface area contributed by atoms with E-state index in [1.807, 2.05) is 11.8 Å². The molecule has 4 atom stereocenters. The third kappa shape index (κ3) is 3.07. The van der Waals surface area contributed by atoms with Crippen LogP contribution in [0.25, 0.3) is 0 Å². The molecule has 2 aliphatic carbocycles. The highest BCUT2D eigenvalue weighted by Crippen LogP contribution is 2.69. The third-order valence-electron chi connectivity index (χ3n) is 6.80. The summed E-state index contributed by atoms with van der Waals surface area (Å²) in [5.74, 6) is 2.35. The van der Waals surface area contributed by atoms with Crippen LogP contribution in [0.4, 0.5) is 5.69 Å². The van der Waals surface area contributed by atoms with Crippen LogP contribution in [0.5, 0.6) is 5.75 Å². The molecule has 3 aliphatic rings. The summed E-state index contributed by atoms with van der Waals surface area (Å²) >= 11 is 2.04. The highest BCUT2D eigenvalue weighted by Gasteiger charge is 2.61. The molecule has 4 nitrogen and oxygen atoms in total. The molecule has 1 heterocycles. The molecule has 0 saturated heterocycles. The minimum Gasteiger partial charge on any atom is -0.487 e. The summed E-state index contributed by atoms with van der Waals surface area (Å²) in [6, 6.07) is 15.3. The van der Waals surface area contributed by atoms with E-state index in [-0.39, 0.29) is 16.2 Å². The standard InChI is InChI=1S/C24H25NO3S/c1-14-8-13-18(24(2,3)28-16-11-9-15(10-12-16)25(26)27)20(14)22-21-17-6-4-5-7-19(17)29-23(21)22/h4-7,9-12,18,21-23H,8,13H2,1-3H3/t18-,21-,22+,23-/m0/s1. The molecule has 1 saturated carbocycles. The Labute approximate surface area is 175 Å². The number of benzene rings is 2. The quantitative estimate of drug-likeness (QED) is 0.328. The van der Waals surface area contributed by atoms with Crippen LogP contribution in [-0.2, 0) is 0 Å². The van der Waals surface area contributed by atoms with Gasteiger partial charge in [-0.2, -0.15) is 0 Å². The number of allylic oxidation sites excluding steroid dienone is 1. The summed E-state index contributed by atoms with van der Waals surface area (Å²) in [4.78, 5) is 12.0. The summed E-state index contributed by atoms with van der Waals surface area (Å²) in [5.41, 5.74) is 4.40. The van der Waals surface area contributed by atoms with E-state index in [2.05, 4.69) is 45.0 Å². The summed E-state index contributed by atoms with van der Waals surface area (Å²) < 4.78 is 6.41. The van der Waals surface area contributed by atoms with Gasteiger partial charge in [0, 0.05) is 40.0 Å². The minimum atomic E-state index is -0.378. The van der Waals surface area contributed by atoms with Gasteiger partial charge in [-0.3, -0.25) is 10.1 Å². The first-order valence-corrected chi connectivity index (χ1v) is 11.1. The Balaban J connectivity index is 1.37. The van der Waals surface area contributed by atoms with E-state index in [0.717, 1.165) is 12.8 Å². The van der Waals surface area contributed by atoms with Crippen molar-refractivity contribution in [3.63, 3.8) is 0 Å². The van der Waals surface area contributed by atoms with Crippen LogP contribution >= 0.6 is 11.8 Å². The molecular weight excluding hydrogens is 382 g/mol. The lowest BCUT2D eigenvalue weighted by atomic mass is 9.82. The predicted octanol–water partition coefficient (Wildman–Crippen LogP) is 6.37. The fourth-order valence-corrected chi connectivity index (χ4v) is 7.01. The van der Waals surface area contributed by atoms with Crippen molar-refractivity contribution in [2.75, 3.05) is 0 Å². The maximum atomic E-state index is 10.9. The number of thioether (sulfide) groups is 1. The largest absolute Gasteiger partial charge is 0.487 e. The first-order chi connectivity index (χ1) is 13.9. The van der Waals surface area contributed by atoms with Crippen molar-refractivity contribution in [1.29, 1.82) is 0 Å². The molecule has 0 unspecified atom stereocenters. The minimum absolute atomic E-state index is 0.0916. The summed E-state index contributed by atoms with van der Waals surface area (Å²) in [6.45, 7) is 6.62. The average Bonchev–Trinajstić information content (AvgIpc) is 3.04. The first kappa shape index (κ1) is 18.7. The van der Waals surface area contributed by atoms with Gasteiger partial charge >= 0.3 is 0 Å². The van der Waals surface area contributed by atoms with Crippen LogP contribution in [0.15, 0.2) is 64.6 Å². The normalized spacial score (nSPS) is 27.6. The molecule has 2 aromatic carbocycles. The van der Waals surface area contributed by atoms with Crippen molar-refractivity contribution >= 4 is 17.4 Å². The summed E-state index contributed by atoms with van der Waals surface area (Å²) in [7, 11) is 0. The number of ether oxygens (including phenoxy) is 1. The van der Waals surface area contributed by atoms with Crippen molar-refractivity contribution < 1.29 is 9.66 Å². The van der Waals surface area contributed by atoms with Crippen molar-refractivity contribution in [3.8, 4) is 5.75 Å². The molecule has 0 aromatic heterocycles. The van der Waals surface area contributed by atoms with E-state index in [9.17, 15) is 10.1 Å². The Morgan fingerprint density at radius 3 is 2.55 bits per heavy atom. The zero-order valence-electron chi connectivity index (χ0n) is 16.9. The highest BCUT2D eigenvalue weighted by atomic mass is 32.2. The summed E-state index contributed by atoms with van der Waals surface area (Å²) in [5, 5.41) is 11.6. The predicted molar refractivity (Wildman–Crippen MR) is 116 cm³/mol. The smallest absolute Gasteiger partial charge is 0.269 e. The van der Waals surface area contributed by atoms with Crippen molar-refractivity contribution in [2.45, 2.75) is 55.3 Å². The second-order valence-electron chi connectivity index (χ2n) is 8.96. The number of hydrogen-bond acceptors (Lipinski definition) is 4. The maximum Gasteiger partial charge on any atom is 0.269 e. The van der Waals surface area contributed by atoms with Crippen LogP contribution in [0.1, 0.15) is 45.1 Å². The maximum absolute atomic E-state index is 10.9. The zero-order valence-corrected chi connectivity index (χ0v) is 17.7. The van der Waals surface area contributed by atoms with Gasteiger partial charge in [-0.1, -0.05) is 29.3 Å². The van der Waals surface area contributed by atoms with Gasteiger partial charge in [-0.25, -0.2) is 0 Å². The number of fused-ring (bicyclic) bond motifs is 3. The van der Waals surface area contributed by atoms with Crippen LogP contribution in [0.3, 0.4) is 0 Å². The Morgan fingerprint density at radius 2 is 1.83 bits per heavy atom. The Hall–Kier alpha value is -2.27. The molecule has 0 amide bonds. The lowest BCUT2D eigenvalue weighted by Gasteiger charge is -2.35. The summed E-state index contributed by atoms with van der Waals surface area (Å²) in [6.07, 6.45) is 2.25. The molecule has 0 N–H and O–H groups in total. The number of nitro benzene ring substituents is 1. The van der Waals surface area contributed by atoms with Gasteiger partial charge in [0.2, 0.25) is 0 Å². The first-order valence-electron chi connectivity index (χ1n) is 10.3. The van der Waals surface area contributed by atoms with E-state index in [4.69, 9.17) is 4.74 Å². The lowest BCUT2D eigenvalue weighted by molar-refractivity contribution is -0.384.